The van der Waals surface area contributed by atoms with E-state index in [9.17, 15) is 5.11 Å². The lowest BCUT2D eigenvalue weighted by molar-refractivity contribution is -0.0576. The van der Waals surface area contributed by atoms with Gasteiger partial charge < -0.3 is 5.11 Å². The zero-order chi connectivity index (χ0) is 12.8. The Labute approximate surface area is 114 Å². The third-order valence-corrected chi connectivity index (χ3v) is 6.64. The predicted octanol–water partition coefficient (Wildman–Crippen LogP) is 4.15. The molecular formula is C15H25BrO. The number of alkyl halides is 1. The van der Waals surface area contributed by atoms with Gasteiger partial charge in [0.15, 0.2) is 0 Å². The van der Waals surface area contributed by atoms with Gasteiger partial charge in [-0.1, -0.05) is 48.4 Å². The molecule has 2 aliphatic rings. The molecule has 1 saturated carbocycles. The molecule has 2 aliphatic carbocycles. The number of aliphatic hydroxyl groups excluding tert-OH is 1. The number of aliphatic hydroxyl groups is 1. The SMILES string of the molecule is CC1=CC[C@@H](Br)[C@]2(C)CCC(C(C)C)[C@@H](O)[C@H]12. The van der Waals surface area contributed by atoms with E-state index in [0.29, 0.717) is 22.6 Å². The van der Waals surface area contributed by atoms with Crippen molar-refractivity contribution in [1.82, 2.24) is 0 Å². The van der Waals surface area contributed by atoms with Crippen LogP contribution in [0.25, 0.3) is 0 Å². The Balaban J connectivity index is 2.33. The quantitative estimate of drug-likeness (QED) is 0.570. The van der Waals surface area contributed by atoms with Crippen molar-refractivity contribution in [3.05, 3.63) is 11.6 Å². The van der Waals surface area contributed by atoms with E-state index in [1.165, 1.54) is 18.4 Å². The first-order chi connectivity index (χ1) is 7.88. The van der Waals surface area contributed by atoms with Gasteiger partial charge in [-0.25, -0.2) is 0 Å². The smallest absolute Gasteiger partial charge is 0.0641 e. The number of hydrogen-bond acceptors (Lipinski definition) is 1. The Kier molecular flexibility index (Phi) is 3.76. The molecule has 0 heterocycles. The van der Waals surface area contributed by atoms with Crippen molar-refractivity contribution < 1.29 is 5.11 Å². The van der Waals surface area contributed by atoms with Crippen LogP contribution in [-0.4, -0.2) is 16.0 Å². The van der Waals surface area contributed by atoms with Crippen molar-refractivity contribution in [2.45, 2.75) is 57.9 Å². The number of hydrogen-bond donors (Lipinski definition) is 1. The minimum atomic E-state index is -0.162. The van der Waals surface area contributed by atoms with Crippen molar-refractivity contribution in [3.63, 3.8) is 0 Å². The molecule has 2 rings (SSSR count). The second-order valence-electron chi connectivity index (χ2n) is 6.57. The highest BCUT2D eigenvalue weighted by Crippen LogP contribution is 2.55. The molecule has 1 unspecified atom stereocenters. The van der Waals surface area contributed by atoms with Crippen LogP contribution in [0.3, 0.4) is 0 Å². The zero-order valence-electron chi connectivity index (χ0n) is 11.4. The van der Waals surface area contributed by atoms with E-state index in [0.717, 1.165) is 6.42 Å². The molecule has 1 N–H and O–H groups in total. The fraction of sp³-hybridized carbons (Fsp3) is 0.867. The zero-order valence-corrected chi connectivity index (χ0v) is 13.0. The van der Waals surface area contributed by atoms with Gasteiger partial charge in [0.1, 0.15) is 0 Å². The molecule has 0 radical (unpaired) electrons. The topological polar surface area (TPSA) is 20.2 Å². The molecule has 0 bridgehead atoms. The maximum Gasteiger partial charge on any atom is 0.0641 e. The molecule has 17 heavy (non-hydrogen) atoms. The van der Waals surface area contributed by atoms with Crippen molar-refractivity contribution in [2.24, 2.45) is 23.2 Å². The molecule has 0 saturated heterocycles. The van der Waals surface area contributed by atoms with Gasteiger partial charge >= 0.3 is 0 Å². The second-order valence-corrected chi connectivity index (χ2v) is 7.68. The van der Waals surface area contributed by atoms with Gasteiger partial charge in [0.2, 0.25) is 0 Å². The Hall–Kier alpha value is 0.180. The van der Waals surface area contributed by atoms with Gasteiger partial charge in [0.25, 0.3) is 0 Å². The minimum absolute atomic E-state index is 0.162. The summed E-state index contributed by atoms with van der Waals surface area (Å²) < 4.78 is 0. The Morgan fingerprint density at radius 1 is 1.47 bits per heavy atom. The maximum atomic E-state index is 10.7. The lowest BCUT2D eigenvalue weighted by Crippen LogP contribution is -2.52. The van der Waals surface area contributed by atoms with Crippen LogP contribution < -0.4 is 0 Å². The normalized spacial score (nSPS) is 46.6. The lowest BCUT2D eigenvalue weighted by Gasteiger charge is -2.53. The van der Waals surface area contributed by atoms with Crippen LogP contribution in [0.4, 0.5) is 0 Å². The van der Waals surface area contributed by atoms with Crippen LogP contribution >= 0.6 is 15.9 Å². The fourth-order valence-electron chi connectivity index (χ4n) is 4.00. The van der Waals surface area contributed by atoms with Gasteiger partial charge in [-0.05, 0) is 43.4 Å². The predicted molar refractivity (Wildman–Crippen MR) is 76.3 cm³/mol. The van der Waals surface area contributed by atoms with Crippen molar-refractivity contribution in [3.8, 4) is 0 Å². The van der Waals surface area contributed by atoms with Crippen molar-refractivity contribution in [1.29, 1.82) is 0 Å². The Morgan fingerprint density at radius 3 is 2.71 bits per heavy atom. The summed E-state index contributed by atoms with van der Waals surface area (Å²) in [5, 5.41) is 10.7. The largest absolute Gasteiger partial charge is 0.392 e. The van der Waals surface area contributed by atoms with Gasteiger partial charge in [0.05, 0.1) is 6.10 Å². The summed E-state index contributed by atoms with van der Waals surface area (Å²) >= 11 is 3.84. The lowest BCUT2D eigenvalue weighted by atomic mass is 9.55. The van der Waals surface area contributed by atoms with Gasteiger partial charge in [-0.15, -0.1) is 0 Å². The number of fused-ring (bicyclic) bond motifs is 1. The number of rotatable bonds is 1. The van der Waals surface area contributed by atoms with E-state index < -0.39 is 0 Å². The Morgan fingerprint density at radius 2 is 2.12 bits per heavy atom. The maximum absolute atomic E-state index is 10.7. The highest BCUT2D eigenvalue weighted by molar-refractivity contribution is 9.09. The third kappa shape index (κ3) is 2.12. The summed E-state index contributed by atoms with van der Waals surface area (Å²) in [4.78, 5) is 0.520. The van der Waals surface area contributed by atoms with Crippen LogP contribution in [0.5, 0.6) is 0 Å². The van der Waals surface area contributed by atoms with Crippen molar-refractivity contribution >= 4 is 15.9 Å². The van der Waals surface area contributed by atoms with E-state index in [2.05, 4.69) is 49.7 Å². The van der Waals surface area contributed by atoms with Crippen LogP contribution in [0.1, 0.15) is 47.0 Å². The Bertz CT molecular complexity index is 323. The highest BCUT2D eigenvalue weighted by Gasteiger charge is 2.51. The molecule has 0 amide bonds. The first-order valence-corrected chi connectivity index (χ1v) is 7.78. The van der Waals surface area contributed by atoms with Gasteiger partial charge in [0, 0.05) is 10.7 Å². The summed E-state index contributed by atoms with van der Waals surface area (Å²) in [6.07, 6.45) is 5.67. The molecule has 0 aromatic heterocycles. The van der Waals surface area contributed by atoms with Crippen molar-refractivity contribution in [2.75, 3.05) is 0 Å². The highest BCUT2D eigenvalue weighted by atomic mass is 79.9. The van der Waals surface area contributed by atoms with Crippen LogP contribution in [-0.2, 0) is 0 Å². The molecule has 98 valence electrons. The van der Waals surface area contributed by atoms with E-state index in [-0.39, 0.29) is 11.5 Å². The summed E-state index contributed by atoms with van der Waals surface area (Å²) in [6, 6.07) is 0. The first-order valence-electron chi connectivity index (χ1n) is 6.86. The monoisotopic (exact) mass is 300 g/mol. The molecule has 2 heteroatoms. The second kappa shape index (κ2) is 4.70. The average Bonchev–Trinajstić information content (AvgIpc) is 2.23. The summed E-state index contributed by atoms with van der Waals surface area (Å²) in [5.41, 5.74) is 1.64. The van der Waals surface area contributed by atoms with Crippen LogP contribution in [0.2, 0.25) is 0 Å². The van der Waals surface area contributed by atoms with Crippen LogP contribution in [0, 0.1) is 23.2 Å². The molecule has 1 nitrogen and oxygen atoms in total. The molecule has 1 fully saturated rings. The molecule has 5 atom stereocenters. The number of halogens is 1. The van der Waals surface area contributed by atoms with Crippen LogP contribution in [0.15, 0.2) is 11.6 Å². The molecule has 0 aromatic rings. The van der Waals surface area contributed by atoms with E-state index >= 15 is 0 Å². The third-order valence-electron chi connectivity index (χ3n) is 5.22. The molecule has 0 spiro atoms. The average molecular weight is 301 g/mol. The van der Waals surface area contributed by atoms with E-state index in [1.807, 2.05) is 0 Å². The fourth-order valence-corrected chi connectivity index (χ4v) is 4.70. The summed E-state index contributed by atoms with van der Waals surface area (Å²) in [7, 11) is 0. The molecular weight excluding hydrogens is 276 g/mol. The van der Waals surface area contributed by atoms with E-state index in [1.54, 1.807) is 0 Å². The molecule has 0 aliphatic heterocycles. The minimum Gasteiger partial charge on any atom is -0.392 e. The standard InChI is InChI=1S/C15H25BrO/c1-9(2)11-7-8-15(4)12(16)6-5-10(3)13(15)14(11)17/h5,9,11-14,17H,6-8H2,1-4H3/t11?,12-,13+,14-,15+/m1/s1. The first kappa shape index (κ1) is 13.6. The van der Waals surface area contributed by atoms with Gasteiger partial charge in [-0.3, -0.25) is 0 Å². The molecule has 0 aromatic carbocycles. The summed E-state index contributed by atoms with van der Waals surface area (Å²) in [6.45, 7) is 9.04. The number of allylic oxidation sites excluding steroid dienone is 1. The summed E-state index contributed by atoms with van der Waals surface area (Å²) in [5.74, 6) is 1.40. The van der Waals surface area contributed by atoms with E-state index in [4.69, 9.17) is 0 Å². The van der Waals surface area contributed by atoms with Gasteiger partial charge in [-0.2, -0.15) is 0 Å².